The Morgan fingerprint density at radius 2 is 1.80 bits per heavy atom. The van der Waals surface area contributed by atoms with Crippen LogP contribution in [0.1, 0.15) is 18.9 Å². The average molecular weight is 354 g/mol. The number of fused-ring (bicyclic) bond motifs is 1. The molecule has 0 unspecified atom stereocenters. The lowest BCUT2D eigenvalue weighted by Gasteiger charge is -2.08. The average Bonchev–Trinajstić information content (AvgIpc) is 2.96. The van der Waals surface area contributed by atoms with Crippen molar-refractivity contribution < 1.29 is 9.59 Å². The molecule has 0 fully saturated rings. The van der Waals surface area contributed by atoms with E-state index in [9.17, 15) is 9.59 Å². The summed E-state index contributed by atoms with van der Waals surface area (Å²) in [4.78, 5) is 28.0. The number of aromatic nitrogens is 1. The van der Waals surface area contributed by atoms with Gasteiger partial charge in [-0.25, -0.2) is 9.78 Å². The van der Waals surface area contributed by atoms with Crippen molar-refractivity contribution in [1.82, 2.24) is 4.98 Å². The zero-order chi connectivity index (χ0) is 17.8. The summed E-state index contributed by atoms with van der Waals surface area (Å²) in [5.41, 5.74) is 3.17. The number of thiazole rings is 1. The summed E-state index contributed by atoms with van der Waals surface area (Å²) >= 11 is 1.40. The van der Waals surface area contributed by atoms with Crippen LogP contribution in [0.3, 0.4) is 0 Å². The topological polar surface area (TPSA) is 83.1 Å². The van der Waals surface area contributed by atoms with Crippen LogP contribution >= 0.6 is 11.3 Å². The monoisotopic (exact) mass is 354 g/mol. The second kappa shape index (κ2) is 7.31. The molecule has 0 spiro atoms. The molecule has 0 atom stereocenters. The van der Waals surface area contributed by atoms with Crippen LogP contribution in [-0.4, -0.2) is 16.9 Å². The molecular weight excluding hydrogens is 336 g/mol. The van der Waals surface area contributed by atoms with Crippen molar-refractivity contribution in [1.29, 1.82) is 0 Å². The lowest BCUT2D eigenvalue weighted by atomic mass is 10.2. The Labute approximate surface area is 149 Å². The second-order valence-corrected chi connectivity index (χ2v) is 6.58. The Hall–Kier alpha value is -2.93. The molecule has 1 heterocycles. The zero-order valence-electron chi connectivity index (χ0n) is 13.9. The minimum atomic E-state index is -0.320. The number of urea groups is 1. The van der Waals surface area contributed by atoms with Gasteiger partial charge in [0.1, 0.15) is 0 Å². The van der Waals surface area contributed by atoms with Gasteiger partial charge in [-0.1, -0.05) is 30.4 Å². The van der Waals surface area contributed by atoms with E-state index < -0.39 is 0 Å². The van der Waals surface area contributed by atoms with Crippen LogP contribution in [0.5, 0.6) is 0 Å². The number of anilines is 3. The van der Waals surface area contributed by atoms with Crippen LogP contribution in [0.2, 0.25) is 0 Å². The summed E-state index contributed by atoms with van der Waals surface area (Å²) < 4.78 is 0.941. The zero-order valence-corrected chi connectivity index (χ0v) is 14.7. The molecule has 128 valence electrons. The summed E-state index contributed by atoms with van der Waals surface area (Å²) in [5, 5.41) is 8.89. The van der Waals surface area contributed by atoms with E-state index >= 15 is 0 Å². The van der Waals surface area contributed by atoms with Gasteiger partial charge < -0.3 is 16.0 Å². The Kier molecular flexibility index (Phi) is 4.95. The van der Waals surface area contributed by atoms with Gasteiger partial charge >= 0.3 is 6.03 Å². The molecule has 3 amide bonds. The number of hydrogen-bond donors (Lipinski definition) is 3. The molecule has 6 nitrogen and oxygen atoms in total. The van der Waals surface area contributed by atoms with Crippen molar-refractivity contribution in [3.8, 4) is 0 Å². The first-order valence-electron chi connectivity index (χ1n) is 7.88. The highest BCUT2D eigenvalue weighted by Crippen LogP contribution is 2.28. The van der Waals surface area contributed by atoms with Gasteiger partial charge in [-0.15, -0.1) is 0 Å². The van der Waals surface area contributed by atoms with Crippen molar-refractivity contribution in [3.63, 3.8) is 0 Å². The highest BCUT2D eigenvalue weighted by atomic mass is 32.1. The van der Waals surface area contributed by atoms with Crippen molar-refractivity contribution >= 4 is 50.0 Å². The van der Waals surface area contributed by atoms with E-state index in [2.05, 4.69) is 20.9 Å². The summed E-state index contributed by atoms with van der Waals surface area (Å²) in [6, 6.07) is 12.7. The third-order valence-electron chi connectivity index (χ3n) is 3.49. The van der Waals surface area contributed by atoms with Crippen molar-refractivity contribution in [2.24, 2.45) is 0 Å². The smallest absolute Gasteiger partial charge is 0.308 e. The molecule has 3 rings (SSSR count). The minimum Gasteiger partial charge on any atom is -0.308 e. The van der Waals surface area contributed by atoms with Crippen LogP contribution in [0.4, 0.5) is 21.3 Å². The molecule has 3 aromatic rings. The number of benzene rings is 2. The van der Waals surface area contributed by atoms with E-state index in [-0.39, 0.29) is 11.9 Å². The molecule has 1 aromatic heterocycles. The van der Waals surface area contributed by atoms with Crippen LogP contribution in [0, 0.1) is 6.92 Å². The normalized spacial score (nSPS) is 10.5. The van der Waals surface area contributed by atoms with Gasteiger partial charge in [0, 0.05) is 17.8 Å². The predicted molar refractivity (Wildman–Crippen MR) is 102 cm³/mol. The first kappa shape index (κ1) is 16.9. The lowest BCUT2D eigenvalue weighted by molar-refractivity contribution is -0.115. The Morgan fingerprint density at radius 1 is 1.04 bits per heavy atom. The number of nitrogens with zero attached hydrogens (tertiary/aromatic N) is 1. The Balaban J connectivity index is 1.70. The van der Waals surface area contributed by atoms with Crippen LogP contribution in [-0.2, 0) is 4.79 Å². The number of carbonyl (C=O) groups excluding carboxylic acids is 2. The highest BCUT2D eigenvalue weighted by Gasteiger charge is 2.09. The Bertz CT molecular complexity index is 936. The third kappa shape index (κ3) is 4.33. The maximum Gasteiger partial charge on any atom is 0.323 e. The van der Waals surface area contributed by atoms with Gasteiger partial charge in [-0.2, -0.15) is 0 Å². The molecule has 0 bridgehead atoms. The molecule has 0 aliphatic heterocycles. The molecule has 2 aromatic carbocycles. The number of carbonyl (C=O) groups is 2. The lowest BCUT2D eigenvalue weighted by Crippen LogP contribution is -2.19. The van der Waals surface area contributed by atoms with E-state index in [1.54, 1.807) is 13.0 Å². The molecule has 3 N–H and O–H groups in total. The number of aryl methyl sites for hydroxylation is 1. The molecule has 7 heteroatoms. The van der Waals surface area contributed by atoms with Crippen LogP contribution in [0.15, 0.2) is 42.5 Å². The van der Waals surface area contributed by atoms with Gasteiger partial charge in [0.05, 0.1) is 10.2 Å². The fourth-order valence-corrected chi connectivity index (χ4v) is 3.14. The Morgan fingerprint density at radius 3 is 2.52 bits per heavy atom. The van der Waals surface area contributed by atoms with Crippen LogP contribution < -0.4 is 16.0 Å². The van der Waals surface area contributed by atoms with E-state index in [0.29, 0.717) is 17.2 Å². The van der Waals surface area contributed by atoms with Crippen molar-refractivity contribution in [2.75, 3.05) is 16.0 Å². The third-order valence-corrected chi connectivity index (χ3v) is 4.44. The van der Waals surface area contributed by atoms with Gasteiger partial charge in [0.25, 0.3) is 0 Å². The van der Waals surface area contributed by atoms with E-state index in [1.807, 2.05) is 43.3 Å². The molecule has 0 saturated carbocycles. The number of hydrogen-bond acceptors (Lipinski definition) is 4. The van der Waals surface area contributed by atoms with Gasteiger partial charge in [-0.05, 0) is 42.8 Å². The second-order valence-electron chi connectivity index (χ2n) is 5.55. The SMILES string of the molecule is CCC(=O)Nc1nc2cc(NC(=O)Nc3cccc(C)c3)ccc2s1. The van der Waals surface area contributed by atoms with E-state index in [4.69, 9.17) is 0 Å². The van der Waals surface area contributed by atoms with Crippen molar-refractivity contribution in [3.05, 3.63) is 48.0 Å². The first-order valence-corrected chi connectivity index (χ1v) is 8.70. The molecular formula is C18H18N4O2S. The molecule has 0 saturated heterocycles. The standard InChI is InChI=1S/C18H18N4O2S/c1-3-16(23)22-18-21-14-10-13(7-8-15(14)25-18)20-17(24)19-12-6-4-5-11(2)9-12/h4-10H,3H2,1-2H3,(H2,19,20,24)(H,21,22,23). The number of rotatable bonds is 4. The maximum absolute atomic E-state index is 12.1. The minimum absolute atomic E-state index is 0.0741. The van der Waals surface area contributed by atoms with Gasteiger partial charge in [-0.3, -0.25) is 4.79 Å². The summed E-state index contributed by atoms with van der Waals surface area (Å²) in [6.07, 6.45) is 0.405. The predicted octanol–water partition coefficient (Wildman–Crippen LogP) is 4.60. The summed E-state index contributed by atoms with van der Waals surface area (Å²) in [5.74, 6) is -0.0741. The van der Waals surface area contributed by atoms with Crippen molar-refractivity contribution in [2.45, 2.75) is 20.3 Å². The van der Waals surface area contributed by atoms with E-state index in [0.717, 1.165) is 21.5 Å². The number of nitrogens with one attached hydrogen (secondary N) is 3. The maximum atomic E-state index is 12.1. The molecule has 25 heavy (non-hydrogen) atoms. The van der Waals surface area contributed by atoms with Crippen LogP contribution in [0.25, 0.3) is 10.2 Å². The van der Waals surface area contributed by atoms with Gasteiger partial charge in [0.2, 0.25) is 5.91 Å². The van der Waals surface area contributed by atoms with E-state index in [1.165, 1.54) is 11.3 Å². The summed E-state index contributed by atoms with van der Waals surface area (Å²) in [7, 11) is 0. The quantitative estimate of drug-likeness (QED) is 0.640. The molecule has 0 aliphatic carbocycles. The number of amides is 3. The fraction of sp³-hybridized carbons (Fsp3) is 0.167. The summed E-state index contributed by atoms with van der Waals surface area (Å²) in [6.45, 7) is 3.76. The van der Waals surface area contributed by atoms with Gasteiger partial charge in [0.15, 0.2) is 5.13 Å². The molecule has 0 radical (unpaired) electrons. The first-order chi connectivity index (χ1) is 12.0. The fourth-order valence-electron chi connectivity index (χ4n) is 2.28. The molecule has 0 aliphatic rings. The largest absolute Gasteiger partial charge is 0.323 e. The highest BCUT2D eigenvalue weighted by molar-refractivity contribution is 7.22.